The average Bonchev–Trinajstić information content (AvgIpc) is 2.59. The van der Waals surface area contributed by atoms with Crippen molar-refractivity contribution in [2.24, 2.45) is 5.92 Å². The van der Waals surface area contributed by atoms with Crippen LogP contribution in [0.1, 0.15) is 6.92 Å². The van der Waals surface area contributed by atoms with Crippen molar-refractivity contribution < 1.29 is 29.3 Å². The zero-order valence-electron chi connectivity index (χ0n) is 14.1. The summed E-state index contributed by atoms with van der Waals surface area (Å²) in [5.74, 6) is -0.886. The molecule has 4 N–H and O–H groups in total. The van der Waals surface area contributed by atoms with Gasteiger partial charge in [0.1, 0.15) is 0 Å². The van der Waals surface area contributed by atoms with E-state index in [-0.39, 0.29) is 63.4 Å². The highest BCUT2D eigenvalue weighted by atomic mass is 16.5. The van der Waals surface area contributed by atoms with Gasteiger partial charge in [0, 0.05) is 25.6 Å². The number of amides is 2. The number of hydrogen-bond acceptors (Lipinski definition) is 6. The van der Waals surface area contributed by atoms with Crippen LogP contribution in [0.5, 0.6) is 0 Å². The molecule has 0 aromatic rings. The van der Waals surface area contributed by atoms with Crippen molar-refractivity contribution in [1.29, 1.82) is 0 Å². The van der Waals surface area contributed by atoms with Crippen molar-refractivity contribution in [3.8, 4) is 0 Å². The molecular formula is C16H28N2O6. The van der Waals surface area contributed by atoms with Gasteiger partial charge in [-0.3, -0.25) is 9.59 Å². The summed E-state index contributed by atoms with van der Waals surface area (Å²) in [5, 5.41) is 23.9. The van der Waals surface area contributed by atoms with Gasteiger partial charge < -0.3 is 30.3 Å². The minimum atomic E-state index is -0.819. The summed E-state index contributed by atoms with van der Waals surface area (Å²) < 4.78 is 10.8. The highest BCUT2D eigenvalue weighted by Gasteiger charge is 2.12. The predicted molar refractivity (Wildman–Crippen MR) is 89.2 cm³/mol. The van der Waals surface area contributed by atoms with Crippen molar-refractivity contribution in [3.63, 3.8) is 0 Å². The third-order valence-corrected chi connectivity index (χ3v) is 2.99. The first-order chi connectivity index (χ1) is 11.4. The maximum atomic E-state index is 11.1. The van der Waals surface area contributed by atoms with Crippen LogP contribution in [0.2, 0.25) is 0 Å². The third kappa shape index (κ3) is 11.8. The number of aliphatic hydroxyl groups is 2. The second-order valence-corrected chi connectivity index (χ2v) is 5.28. The molecule has 0 aromatic heterocycles. The molecule has 138 valence electrons. The molecule has 3 atom stereocenters. The topological polar surface area (TPSA) is 117 Å². The van der Waals surface area contributed by atoms with Crippen LogP contribution in [0, 0.1) is 5.92 Å². The molecule has 0 heterocycles. The molecule has 0 spiro atoms. The van der Waals surface area contributed by atoms with Gasteiger partial charge in [0.25, 0.3) is 0 Å². The fraction of sp³-hybridized carbons (Fsp3) is 0.625. The quantitative estimate of drug-likeness (QED) is 0.300. The molecule has 3 unspecified atom stereocenters. The minimum Gasteiger partial charge on any atom is -0.396 e. The SMILES string of the molecule is C=CC(=O)NCC(O)COCC(C)OCC(CO)CNC(=O)C=C. The first-order valence-corrected chi connectivity index (χ1v) is 7.71. The van der Waals surface area contributed by atoms with Gasteiger partial charge in [-0.25, -0.2) is 0 Å². The smallest absolute Gasteiger partial charge is 0.243 e. The van der Waals surface area contributed by atoms with Gasteiger partial charge in [-0.05, 0) is 19.1 Å². The van der Waals surface area contributed by atoms with Crippen molar-refractivity contribution in [2.75, 3.05) is 39.5 Å². The van der Waals surface area contributed by atoms with Gasteiger partial charge in [-0.2, -0.15) is 0 Å². The minimum absolute atomic E-state index is 0.0595. The van der Waals surface area contributed by atoms with E-state index in [9.17, 15) is 19.8 Å². The van der Waals surface area contributed by atoms with Crippen LogP contribution in [0.4, 0.5) is 0 Å². The molecule has 0 aliphatic carbocycles. The number of carbonyl (C=O) groups is 2. The van der Waals surface area contributed by atoms with Gasteiger partial charge in [-0.15, -0.1) is 0 Å². The van der Waals surface area contributed by atoms with E-state index in [1.54, 1.807) is 6.92 Å². The van der Waals surface area contributed by atoms with Crippen LogP contribution in [-0.4, -0.2) is 73.8 Å². The summed E-state index contributed by atoms with van der Waals surface area (Å²) in [6.07, 6.45) is 1.22. The highest BCUT2D eigenvalue weighted by molar-refractivity contribution is 5.87. The maximum Gasteiger partial charge on any atom is 0.243 e. The average molecular weight is 344 g/mol. The van der Waals surface area contributed by atoms with E-state index in [4.69, 9.17) is 9.47 Å². The lowest BCUT2D eigenvalue weighted by molar-refractivity contribution is -0.118. The summed E-state index contributed by atoms with van der Waals surface area (Å²) >= 11 is 0. The molecule has 0 aliphatic rings. The summed E-state index contributed by atoms with van der Waals surface area (Å²) in [6.45, 7) is 9.27. The predicted octanol–water partition coefficient (Wildman–Crippen LogP) is -1.02. The second-order valence-electron chi connectivity index (χ2n) is 5.28. The molecule has 8 heteroatoms. The van der Waals surface area contributed by atoms with E-state index in [0.717, 1.165) is 12.2 Å². The van der Waals surface area contributed by atoms with Crippen LogP contribution in [0.25, 0.3) is 0 Å². The lowest BCUT2D eigenvalue weighted by Gasteiger charge is -2.19. The molecule has 0 fully saturated rings. The first-order valence-electron chi connectivity index (χ1n) is 7.71. The van der Waals surface area contributed by atoms with E-state index in [1.165, 1.54) is 0 Å². The van der Waals surface area contributed by atoms with Crippen molar-refractivity contribution in [3.05, 3.63) is 25.3 Å². The molecule has 0 radical (unpaired) electrons. The number of rotatable bonds is 14. The number of hydrogen-bond donors (Lipinski definition) is 4. The zero-order chi connectivity index (χ0) is 18.4. The number of aliphatic hydroxyl groups excluding tert-OH is 2. The van der Waals surface area contributed by atoms with Crippen molar-refractivity contribution in [2.45, 2.75) is 19.1 Å². The maximum absolute atomic E-state index is 11.1. The largest absolute Gasteiger partial charge is 0.396 e. The summed E-state index contributed by atoms with van der Waals surface area (Å²) in [6, 6.07) is 0. The first kappa shape index (κ1) is 22.3. The Balaban J connectivity index is 3.81. The third-order valence-electron chi connectivity index (χ3n) is 2.99. The standard InChI is InChI=1S/C16H28N2O6/c1-4-15(21)17-6-13(8-19)10-24-12(3)9-23-11-14(20)7-18-16(22)5-2/h4-5,12-14,19-20H,1-2,6-11H2,3H3,(H,17,21)(H,18,22). The molecule has 8 nitrogen and oxygen atoms in total. The van der Waals surface area contributed by atoms with Crippen molar-refractivity contribution >= 4 is 11.8 Å². The molecule has 0 rings (SSSR count). The van der Waals surface area contributed by atoms with Crippen LogP contribution < -0.4 is 10.6 Å². The molecule has 0 saturated heterocycles. The Labute approximate surface area is 142 Å². The monoisotopic (exact) mass is 344 g/mol. The second kappa shape index (κ2) is 13.7. The Kier molecular flexibility index (Phi) is 12.7. The summed E-state index contributed by atoms with van der Waals surface area (Å²) in [7, 11) is 0. The Morgan fingerprint density at radius 2 is 1.67 bits per heavy atom. The Hall–Kier alpha value is -1.74. The normalized spacial score (nSPS) is 14.3. The van der Waals surface area contributed by atoms with Crippen LogP contribution in [0.15, 0.2) is 25.3 Å². The Morgan fingerprint density at radius 1 is 1.08 bits per heavy atom. The van der Waals surface area contributed by atoms with Gasteiger partial charge in [-0.1, -0.05) is 13.2 Å². The Bertz CT molecular complexity index is 402. The summed E-state index contributed by atoms with van der Waals surface area (Å²) in [5.41, 5.74) is 0. The van der Waals surface area contributed by atoms with E-state index >= 15 is 0 Å². The van der Waals surface area contributed by atoms with Crippen LogP contribution >= 0.6 is 0 Å². The highest BCUT2D eigenvalue weighted by Crippen LogP contribution is 2.00. The Morgan fingerprint density at radius 3 is 2.21 bits per heavy atom. The molecule has 24 heavy (non-hydrogen) atoms. The van der Waals surface area contributed by atoms with Gasteiger partial charge in [0.05, 0.1) is 32.0 Å². The summed E-state index contributed by atoms with van der Waals surface area (Å²) in [4.78, 5) is 22.0. The molecular weight excluding hydrogens is 316 g/mol. The van der Waals surface area contributed by atoms with E-state index < -0.39 is 6.10 Å². The van der Waals surface area contributed by atoms with E-state index in [0.29, 0.717) is 0 Å². The van der Waals surface area contributed by atoms with Crippen molar-refractivity contribution in [1.82, 2.24) is 10.6 Å². The van der Waals surface area contributed by atoms with Crippen LogP contribution in [0.3, 0.4) is 0 Å². The zero-order valence-corrected chi connectivity index (χ0v) is 14.1. The number of ether oxygens (including phenoxy) is 2. The molecule has 0 aliphatic heterocycles. The fourth-order valence-electron chi connectivity index (χ4n) is 1.56. The molecule has 0 aromatic carbocycles. The van der Waals surface area contributed by atoms with E-state index in [2.05, 4.69) is 23.8 Å². The van der Waals surface area contributed by atoms with Crippen LogP contribution in [-0.2, 0) is 19.1 Å². The van der Waals surface area contributed by atoms with Gasteiger partial charge in [0.2, 0.25) is 11.8 Å². The molecule has 2 amide bonds. The van der Waals surface area contributed by atoms with Gasteiger partial charge >= 0.3 is 0 Å². The van der Waals surface area contributed by atoms with Gasteiger partial charge in [0.15, 0.2) is 0 Å². The molecule has 0 saturated carbocycles. The lowest BCUT2D eigenvalue weighted by atomic mass is 10.2. The van der Waals surface area contributed by atoms with E-state index in [1.807, 2.05) is 0 Å². The number of nitrogens with one attached hydrogen (secondary N) is 2. The molecule has 0 bridgehead atoms. The number of carbonyl (C=O) groups excluding carboxylic acids is 2. The lowest BCUT2D eigenvalue weighted by Crippen LogP contribution is -2.35. The fourth-order valence-corrected chi connectivity index (χ4v) is 1.56.